The highest BCUT2D eigenvalue weighted by Crippen LogP contribution is 2.04. The minimum atomic E-state index is 0.529. The summed E-state index contributed by atoms with van der Waals surface area (Å²) in [6, 6.07) is 0.529. The summed E-state index contributed by atoms with van der Waals surface area (Å²) in [5, 5.41) is 7.03. The van der Waals surface area contributed by atoms with E-state index in [0.29, 0.717) is 6.04 Å². The Bertz CT molecular complexity index is 297. The number of piperazine rings is 1. The number of hydrogen-bond acceptors (Lipinski definition) is 5. The van der Waals surface area contributed by atoms with Crippen LogP contribution in [-0.4, -0.2) is 93.2 Å². The van der Waals surface area contributed by atoms with Crippen molar-refractivity contribution >= 4 is 0 Å². The van der Waals surface area contributed by atoms with Crippen LogP contribution in [0, 0.1) is 0 Å². The summed E-state index contributed by atoms with van der Waals surface area (Å²) in [6.07, 6.45) is 0. The summed E-state index contributed by atoms with van der Waals surface area (Å²) in [5.74, 6) is 0. The Morgan fingerprint density at radius 2 is 1.64 bits per heavy atom. The summed E-state index contributed by atoms with van der Waals surface area (Å²) in [6.45, 7) is 21.8. The van der Waals surface area contributed by atoms with E-state index in [2.05, 4.69) is 59.7 Å². The third kappa shape index (κ3) is 8.13. The van der Waals surface area contributed by atoms with Crippen molar-refractivity contribution in [2.75, 3.05) is 72.5 Å². The van der Waals surface area contributed by atoms with Gasteiger partial charge in [-0.3, -0.25) is 4.90 Å². The molecule has 0 amide bonds. The highest BCUT2D eigenvalue weighted by atomic mass is 15.2. The van der Waals surface area contributed by atoms with Crippen LogP contribution in [-0.2, 0) is 0 Å². The molecule has 0 aromatic carbocycles. The molecule has 5 nitrogen and oxygen atoms in total. The van der Waals surface area contributed by atoms with E-state index in [1.807, 2.05) is 0 Å². The molecule has 22 heavy (non-hydrogen) atoms. The van der Waals surface area contributed by atoms with Gasteiger partial charge in [0, 0.05) is 77.2 Å². The quantitative estimate of drug-likeness (QED) is 0.548. The van der Waals surface area contributed by atoms with Crippen LogP contribution in [0.25, 0.3) is 0 Å². The molecule has 130 valence electrons. The maximum atomic E-state index is 4.04. The Labute approximate surface area is 137 Å². The second kappa shape index (κ2) is 11.0. The monoisotopic (exact) mass is 311 g/mol. The van der Waals surface area contributed by atoms with E-state index >= 15 is 0 Å². The van der Waals surface area contributed by atoms with E-state index in [9.17, 15) is 0 Å². The van der Waals surface area contributed by atoms with E-state index in [1.54, 1.807) is 0 Å². The Kier molecular flexibility index (Phi) is 9.71. The molecular formula is C17H37N5. The van der Waals surface area contributed by atoms with Gasteiger partial charge in [-0.15, -0.1) is 0 Å². The topological polar surface area (TPSA) is 33.8 Å². The van der Waals surface area contributed by atoms with Crippen molar-refractivity contribution in [3.05, 3.63) is 12.3 Å². The Morgan fingerprint density at radius 3 is 2.18 bits per heavy atom. The van der Waals surface area contributed by atoms with Crippen molar-refractivity contribution in [2.24, 2.45) is 0 Å². The van der Waals surface area contributed by atoms with Crippen LogP contribution in [0.15, 0.2) is 12.3 Å². The SMILES string of the molecule is C=C(C)N(CCNCCNCCN1CCN(C)CC1)C(C)C. The van der Waals surface area contributed by atoms with Crippen LogP contribution in [0.1, 0.15) is 20.8 Å². The van der Waals surface area contributed by atoms with Crippen molar-refractivity contribution < 1.29 is 0 Å². The van der Waals surface area contributed by atoms with Crippen molar-refractivity contribution in [1.29, 1.82) is 0 Å². The van der Waals surface area contributed by atoms with Gasteiger partial charge in [-0.1, -0.05) is 6.58 Å². The normalized spacial score (nSPS) is 17.1. The standard InChI is InChI=1S/C17H37N5/c1-16(2)22(17(3)4)11-9-19-7-6-18-8-10-21-14-12-20(5)13-15-21/h17-19H,1,6-15H2,2-5H3. The first-order valence-corrected chi connectivity index (χ1v) is 8.75. The first-order valence-electron chi connectivity index (χ1n) is 8.75. The number of nitrogens with one attached hydrogen (secondary N) is 2. The number of nitrogens with zero attached hydrogens (tertiary/aromatic N) is 3. The fourth-order valence-electron chi connectivity index (χ4n) is 2.82. The predicted molar refractivity (Wildman–Crippen MR) is 96.3 cm³/mol. The van der Waals surface area contributed by atoms with Crippen LogP contribution in [0.2, 0.25) is 0 Å². The van der Waals surface area contributed by atoms with Gasteiger partial charge in [0.25, 0.3) is 0 Å². The molecule has 1 fully saturated rings. The van der Waals surface area contributed by atoms with E-state index < -0.39 is 0 Å². The molecule has 0 aromatic rings. The van der Waals surface area contributed by atoms with E-state index in [-0.39, 0.29) is 0 Å². The van der Waals surface area contributed by atoms with Gasteiger partial charge in [0.15, 0.2) is 0 Å². The van der Waals surface area contributed by atoms with E-state index in [0.717, 1.165) is 38.4 Å². The molecular weight excluding hydrogens is 274 g/mol. The van der Waals surface area contributed by atoms with Crippen molar-refractivity contribution in [3.63, 3.8) is 0 Å². The minimum absolute atomic E-state index is 0.529. The summed E-state index contributed by atoms with van der Waals surface area (Å²) in [4.78, 5) is 7.29. The van der Waals surface area contributed by atoms with Crippen molar-refractivity contribution in [2.45, 2.75) is 26.8 Å². The van der Waals surface area contributed by atoms with E-state index in [1.165, 1.54) is 32.7 Å². The lowest BCUT2D eigenvalue weighted by molar-refractivity contribution is 0.155. The second-order valence-electron chi connectivity index (χ2n) is 6.67. The van der Waals surface area contributed by atoms with Gasteiger partial charge < -0.3 is 20.4 Å². The molecule has 0 spiro atoms. The van der Waals surface area contributed by atoms with Crippen LogP contribution >= 0.6 is 0 Å². The first kappa shape index (κ1) is 19.4. The van der Waals surface area contributed by atoms with Gasteiger partial charge in [-0.05, 0) is 27.8 Å². The molecule has 1 rings (SSSR count). The molecule has 1 aliphatic heterocycles. The molecule has 1 heterocycles. The van der Waals surface area contributed by atoms with Crippen molar-refractivity contribution in [1.82, 2.24) is 25.3 Å². The molecule has 0 aromatic heterocycles. The molecule has 0 bridgehead atoms. The van der Waals surface area contributed by atoms with Crippen LogP contribution < -0.4 is 10.6 Å². The number of rotatable bonds is 11. The third-order valence-corrected chi connectivity index (χ3v) is 4.32. The molecule has 2 N–H and O–H groups in total. The van der Waals surface area contributed by atoms with Crippen LogP contribution in [0.3, 0.4) is 0 Å². The zero-order valence-electron chi connectivity index (χ0n) is 15.2. The first-order chi connectivity index (χ1) is 10.5. The Balaban J connectivity index is 1.92. The molecule has 0 unspecified atom stereocenters. The Morgan fingerprint density at radius 1 is 1.05 bits per heavy atom. The highest BCUT2D eigenvalue weighted by Gasteiger charge is 2.12. The van der Waals surface area contributed by atoms with Gasteiger partial charge in [-0.2, -0.15) is 0 Å². The number of allylic oxidation sites excluding steroid dienone is 1. The average molecular weight is 312 g/mol. The number of likely N-dealkylation sites (N-methyl/N-ethyl adjacent to an activating group) is 1. The summed E-state index contributed by atoms with van der Waals surface area (Å²) >= 11 is 0. The highest BCUT2D eigenvalue weighted by molar-refractivity contribution is 4.90. The lowest BCUT2D eigenvalue weighted by Gasteiger charge is -2.32. The van der Waals surface area contributed by atoms with Gasteiger partial charge in [0.2, 0.25) is 0 Å². The van der Waals surface area contributed by atoms with Crippen LogP contribution in [0.5, 0.6) is 0 Å². The second-order valence-corrected chi connectivity index (χ2v) is 6.67. The molecule has 0 aliphatic carbocycles. The summed E-state index contributed by atoms with van der Waals surface area (Å²) in [5.41, 5.74) is 1.15. The maximum Gasteiger partial charge on any atom is 0.0302 e. The van der Waals surface area contributed by atoms with Crippen molar-refractivity contribution in [3.8, 4) is 0 Å². The average Bonchev–Trinajstić information content (AvgIpc) is 2.46. The van der Waals surface area contributed by atoms with Crippen LogP contribution in [0.4, 0.5) is 0 Å². The minimum Gasteiger partial charge on any atom is -0.372 e. The molecule has 0 atom stereocenters. The number of hydrogen-bond donors (Lipinski definition) is 2. The molecule has 0 saturated carbocycles. The van der Waals surface area contributed by atoms with Gasteiger partial charge in [0.05, 0.1) is 0 Å². The fraction of sp³-hybridized carbons (Fsp3) is 0.882. The van der Waals surface area contributed by atoms with E-state index in [4.69, 9.17) is 0 Å². The fourth-order valence-corrected chi connectivity index (χ4v) is 2.82. The Hall–Kier alpha value is -0.620. The smallest absolute Gasteiger partial charge is 0.0302 e. The molecule has 1 aliphatic rings. The largest absolute Gasteiger partial charge is 0.372 e. The predicted octanol–water partition coefficient (Wildman–Crippen LogP) is 0.657. The zero-order chi connectivity index (χ0) is 16.4. The van der Waals surface area contributed by atoms with Gasteiger partial charge >= 0.3 is 0 Å². The molecule has 1 saturated heterocycles. The summed E-state index contributed by atoms with van der Waals surface area (Å²) < 4.78 is 0. The third-order valence-electron chi connectivity index (χ3n) is 4.32. The van der Waals surface area contributed by atoms with Gasteiger partial charge in [0.1, 0.15) is 0 Å². The molecule has 5 heteroatoms. The lowest BCUT2D eigenvalue weighted by Crippen LogP contribution is -2.46. The maximum absolute atomic E-state index is 4.04. The summed E-state index contributed by atoms with van der Waals surface area (Å²) in [7, 11) is 2.20. The van der Waals surface area contributed by atoms with Gasteiger partial charge in [-0.25, -0.2) is 0 Å². The molecule has 0 radical (unpaired) electrons. The zero-order valence-corrected chi connectivity index (χ0v) is 15.2. The lowest BCUT2D eigenvalue weighted by atomic mass is 10.3.